The van der Waals surface area contributed by atoms with Gasteiger partial charge in [-0.2, -0.15) is 5.26 Å². The van der Waals surface area contributed by atoms with E-state index in [1.807, 2.05) is 48.5 Å². The second kappa shape index (κ2) is 14.5. The number of para-hydroxylation sites is 2. The summed E-state index contributed by atoms with van der Waals surface area (Å²) in [5, 5.41) is 23.1. The molecule has 7 heteroatoms. The fourth-order valence-electron chi connectivity index (χ4n) is 11.6. The van der Waals surface area contributed by atoms with Gasteiger partial charge in [-0.3, -0.25) is 0 Å². The number of aryl methyl sites for hydroxylation is 1. The predicted molar refractivity (Wildman–Crippen MR) is 295 cm³/mol. The average Bonchev–Trinajstić information content (AvgIpc) is 4.23. The first-order chi connectivity index (χ1) is 34.6. The molecule has 70 heavy (non-hydrogen) atoms. The Morgan fingerprint density at radius 2 is 0.943 bits per heavy atom. The van der Waals surface area contributed by atoms with Crippen molar-refractivity contribution in [1.82, 2.24) is 9.13 Å². The highest BCUT2D eigenvalue weighted by molar-refractivity contribution is 7.27. The van der Waals surface area contributed by atoms with Crippen molar-refractivity contribution in [3.63, 3.8) is 0 Å². The number of aromatic nitrogens is 2. The molecule has 0 radical (unpaired) electrons. The molecule has 0 aliphatic carbocycles. The molecule has 0 fully saturated rings. The first-order valence-electron chi connectivity index (χ1n) is 23.3. The summed E-state index contributed by atoms with van der Waals surface area (Å²) in [7, 11) is 0. The van der Waals surface area contributed by atoms with Crippen LogP contribution in [0.1, 0.15) is 11.1 Å². The molecular formula is C63H34N4OS2. The molecule has 0 aliphatic heterocycles. The Labute approximate surface area is 407 Å². The van der Waals surface area contributed by atoms with E-state index in [1.54, 1.807) is 22.7 Å². The zero-order valence-corrected chi connectivity index (χ0v) is 39.0. The molecule has 0 N–H and O–H groups in total. The van der Waals surface area contributed by atoms with Gasteiger partial charge in [0.05, 0.1) is 55.0 Å². The van der Waals surface area contributed by atoms with Crippen LogP contribution in [-0.4, -0.2) is 9.13 Å². The van der Waals surface area contributed by atoms with Crippen molar-refractivity contribution in [3.05, 3.63) is 211 Å². The minimum atomic E-state index is 0.389. The summed E-state index contributed by atoms with van der Waals surface area (Å²) in [6.45, 7) is 11.7. The highest BCUT2D eigenvalue weighted by Crippen LogP contribution is 2.55. The number of fused-ring (bicyclic) bond motifs is 18. The Kier molecular flexibility index (Phi) is 8.10. The molecular weight excluding hydrogens is 893 g/mol. The third kappa shape index (κ3) is 5.12. The first kappa shape index (κ1) is 39.1. The van der Waals surface area contributed by atoms with E-state index in [1.165, 1.54) is 20.2 Å². The molecule has 0 amide bonds. The number of benzene rings is 10. The van der Waals surface area contributed by atoms with Crippen molar-refractivity contribution in [2.24, 2.45) is 0 Å². The molecule has 0 bridgehead atoms. The van der Waals surface area contributed by atoms with E-state index in [4.69, 9.17) is 4.42 Å². The predicted octanol–water partition coefficient (Wildman–Crippen LogP) is 18.6. The lowest BCUT2D eigenvalue weighted by molar-refractivity contribution is 0.671. The van der Waals surface area contributed by atoms with Gasteiger partial charge >= 0.3 is 0 Å². The smallest absolute Gasteiger partial charge is 0.220 e. The van der Waals surface area contributed by atoms with Crippen molar-refractivity contribution < 1.29 is 4.42 Å². The van der Waals surface area contributed by atoms with Crippen molar-refractivity contribution in [2.75, 3.05) is 0 Å². The van der Waals surface area contributed by atoms with Crippen molar-refractivity contribution in [2.45, 2.75) is 6.92 Å². The molecule has 0 saturated heterocycles. The molecule has 324 valence electrons. The Balaban J connectivity index is 1.28. The SMILES string of the molecule is [C-]#[N+]c1c(-c2ccccc2)c(C#N)c(-n2c3c(C)cccc3c3ccc4c5ccccc5sc4c32)c(-c2ccccc2)c1-n1c2c(ccc3c4ccccc4oc32)c2ccc3c4ccccc4sc3c21. The van der Waals surface area contributed by atoms with Crippen molar-refractivity contribution >= 4 is 134 Å². The summed E-state index contributed by atoms with van der Waals surface area (Å²) in [4.78, 5) is 4.64. The van der Waals surface area contributed by atoms with Crippen LogP contribution >= 0.6 is 22.7 Å². The molecule has 5 nitrogen and oxygen atoms in total. The second-order valence-electron chi connectivity index (χ2n) is 18.1. The van der Waals surface area contributed by atoms with Gasteiger partial charge < -0.3 is 13.6 Å². The summed E-state index contributed by atoms with van der Waals surface area (Å²) in [5.74, 6) is 0. The Morgan fingerprint density at radius 1 is 0.457 bits per heavy atom. The maximum Gasteiger partial charge on any atom is 0.220 e. The number of nitriles is 1. The summed E-state index contributed by atoms with van der Waals surface area (Å²) in [6.07, 6.45) is 0. The van der Waals surface area contributed by atoms with E-state index in [0.29, 0.717) is 22.5 Å². The molecule has 0 unspecified atom stereocenters. The molecule has 0 atom stereocenters. The van der Waals surface area contributed by atoms with Crippen LogP contribution in [0, 0.1) is 24.8 Å². The molecule has 15 aromatic rings. The van der Waals surface area contributed by atoms with Gasteiger partial charge in [-0.15, -0.1) is 22.7 Å². The maximum atomic E-state index is 12.1. The zero-order valence-electron chi connectivity index (χ0n) is 37.4. The van der Waals surface area contributed by atoms with Gasteiger partial charge in [-0.1, -0.05) is 164 Å². The molecule has 5 aromatic heterocycles. The minimum absolute atomic E-state index is 0.389. The molecule has 0 aliphatic rings. The van der Waals surface area contributed by atoms with Gasteiger partial charge in [-0.05, 0) is 47.9 Å². The van der Waals surface area contributed by atoms with Crippen LogP contribution in [0.4, 0.5) is 5.69 Å². The van der Waals surface area contributed by atoms with Crippen LogP contribution in [0.3, 0.4) is 0 Å². The molecule has 10 aromatic carbocycles. The van der Waals surface area contributed by atoms with E-state index in [-0.39, 0.29) is 0 Å². The van der Waals surface area contributed by atoms with Crippen molar-refractivity contribution in [1.29, 1.82) is 5.26 Å². The Morgan fingerprint density at radius 3 is 1.56 bits per heavy atom. The lowest BCUT2D eigenvalue weighted by atomic mass is 9.88. The molecule has 5 heterocycles. The summed E-state index contributed by atoms with van der Waals surface area (Å²) in [5.41, 5.74) is 11.8. The van der Waals surface area contributed by atoms with Gasteiger partial charge in [0.15, 0.2) is 5.58 Å². The number of rotatable bonds is 4. The largest absolute Gasteiger partial charge is 0.454 e. The van der Waals surface area contributed by atoms with E-state index in [0.717, 1.165) is 114 Å². The molecule has 0 spiro atoms. The fourth-order valence-corrected chi connectivity index (χ4v) is 14.1. The van der Waals surface area contributed by atoms with E-state index in [2.05, 4.69) is 166 Å². The van der Waals surface area contributed by atoms with Crippen LogP contribution < -0.4 is 0 Å². The summed E-state index contributed by atoms with van der Waals surface area (Å²) in [6, 6.07) is 68.7. The van der Waals surface area contributed by atoms with E-state index < -0.39 is 0 Å². The van der Waals surface area contributed by atoms with Gasteiger partial charge in [0, 0.05) is 74.4 Å². The average molecular weight is 927 g/mol. The molecule has 0 saturated carbocycles. The number of hydrogen-bond acceptors (Lipinski definition) is 4. The highest BCUT2D eigenvalue weighted by Gasteiger charge is 2.34. The zero-order chi connectivity index (χ0) is 46.4. The van der Waals surface area contributed by atoms with E-state index in [9.17, 15) is 11.8 Å². The van der Waals surface area contributed by atoms with Crippen LogP contribution in [-0.2, 0) is 0 Å². The Bertz CT molecular complexity index is 4730. The quantitative estimate of drug-likeness (QED) is 0.165. The van der Waals surface area contributed by atoms with E-state index >= 15 is 0 Å². The van der Waals surface area contributed by atoms with Crippen LogP contribution in [0.25, 0.3) is 144 Å². The summed E-state index contributed by atoms with van der Waals surface area (Å²) < 4.78 is 16.4. The normalized spacial score (nSPS) is 12.0. The number of thiophene rings is 2. The third-order valence-electron chi connectivity index (χ3n) is 14.5. The number of hydrogen-bond donors (Lipinski definition) is 0. The van der Waals surface area contributed by atoms with Crippen LogP contribution in [0.5, 0.6) is 0 Å². The lowest BCUT2D eigenvalue weighted by Crippen LogP contribution is -2.09. The second-order valence-corrected chi connectivity index (χ2v) is 20.2. The van der Waals surface area contributed by atoms with Gasteiger partial charge in [0.25, 0.3) is 0 Å². The third-order valence-corrected chi connectivity index (χ3v) is 16.9. The topological polar surface area (TPSA) is 51.1 Å². The highest BCUT2D eigenvalue weighted by atomic mass is 32.1. The van der Waals surface area contributed by atoms with Gasteiger partial charge in [-0.25, -0.2) is 4.85 Å². The molecule has 15 rings (SSSR count). The number of nitrogens with zero attached hydrogens (tertiary/aromatic N) is 4. The maximum absolute atomic E-state index is 12.1. The van der Waals surface area contributed by atoms with Gasteiger partial charge in [0.2, 0.25) is 5.69 Å². The minimum Gasteiger partial charge on any atom is -0.454 e. The first-order valence-corrected chi connectivity index (χ1v) is 24.9. The monoisotopic (exact) mass is 926 g/mol. The van der Waals surface area contributed by atoms with Crippen molar-refractivity contribution in [3.8, 4) is 39.7 Å². The summed E-state index contributed by atoms with van der Waals surface area (Å²) >= 11 is 3.56. The Hall–Kier alpha value is -8.98. The fraction of sp³-hybridized carbons (Fsp3) is 0.0159. The number of furan rings is 1. The van der Waals surface area contributed by atoms with Gasteiger partial charge in [0.1, 0.15) is 11.7 Å². The lowest BCUT2D eigenvalue weighted by Gasteiger charge is -2.26. The van der Waals surface area contributed by atoms with Crippen LogP contribution in [0.2, 0.25) is 0 Å². The standard InChI is InChI=1S/C63H34N4OS2/c1-35-16-15-24-41-43-29-32-46-39-22-10-13-26-50(39)69-62(46)58(43)66(55(35)41)56-48(34-64)52(36-17-5-3-6-18-36)54(65-2)60(53(56)37-19-7-4-8-20-37)67-57-42(28-31-45-38-21-9-12-25-49(38)68-61(45)57)44-30-33-47-40-23-11-14-27-51(40)70-63(47)59(44)67/h3-33H,1H3. The van der Waals surface area contributed by atoms with Crippen LogP contribution in [0.15, 0.2) is 192 Å².